The summed E-state index contributed by atoms with van der Waals surface area (Å²) in [5.74, 6) is 0.593. The first-order valence-corrected chi connectivity index (χ1v) is 10.5. The summed E-state index contributed by atoms with van der Waals surface area (Å²) in [5.41, 5.74) is 2.30. The van der Waals surface area contributed by atoms with Gasteiger partial charge in [0.2, 0.25) is 0 Å². The lowest BCUT2D eigenvalue weighted by molar-refractivity contribution is 0.0747. The largest absolute Gasteiger partial charge is 0.449 e. The second-order valence-corrected chi connectivity index (χ2v) is 7.93. The fraction of sp³-hybridized carbons (Fsp3) is 0.167. The summed E-state index contributed by atoms with van der Waals surface area (Å²) in [6, 6.07) is 16.1. The molecule has 0 spiro atoms. The molecule has 0 atom stereocenters. The van der Waals surface area contributed by atoms with Crippen LogP contribution in [0.5, 0.6) is 0 Å². The molecule has 6 nitrogen and oxygen atoms in total. The predicted molar refractivity (Wildman–Crippen MR) is 120 cm³/mol. The van der Waals surface area contributed by atoms with Gasteiger partial charge in [0.25, 0.3) is 5.91 Å². The van der Waals surface area contributed by atoms with Crippen LogP contribution in [0.3, 0.4) is 0 Å². The summed E-state index contributed by atoms with van der Waals surface area (Å²) in [6.45, 7) is 2.56. The standard InChI is InChI=1S/C24H20ClN3O3/c25-17-8-6-16(7-9-17)23(29)19-15-26-20-4-1-3-18(22(19)20)24(30)28-12-10-27(11-13-28)21-5-2-14-31-21/h1-9,14-15,26H,10-13H2. The third-order valence-electron chi connectivity index (χ3n) is 5.67. The highest BCUT2D eigenvalue weighted by Crippen LogP contribution is 2.27. The maximum atomic E-state index is 13.4. The van der Waals surface area contributed by atoms with Crippen LogP contribution in [0.25, 0.3) is 10.9 Å². The van der Waals surface area contributed by atoms with Gasteiger partial charge >= 0.3 is 0 Å². The second kappa shape index (κ2) is 7.96. The Morgan fingerprint density at radius 3 is 2.39 bits per heavy atom. The number of hydrogen-bond acceptors (Lipinski definition) is 4. The number of amides is 1. The van der Waals surface area contributed by atoms with Crippen LogP contribution in [-0.2, 0) is 0 Å². The van der Waals surface area contributed by atoms with Gasteiger partial charge in [-0.1, -0.05) is 17.7 Å². The lowest BCUT2D eigenvalue weighted by Crippen LogP contribution is -2.48. The predicted octanol–water partition coefficient (Wildman–Crippen LogP) is 4.61. The van der Waals surface area contributed by atoms with E-state index in [1.54, 1.807) is 42.8 Å². The van der Waals surface area contributed by atoms with Crippen molar-refractivity contribution < 1.29 is 14.0 Å². The molecule has 156 valence electrons. The number of carbonyl (C=O) groups is 2. The Kier molecular flexibility index (Phi) is 5.00. The first-order chi connectivity index (χ1) is 15.1. The molecule has 0 unspecified atom stereocenters. The highest BCUT2D eigenvalue weighted by molar-refractivity contribution is 6.30. The first kappa shape index (κ1) is 19.5. The second-order valence-electron chi connectivity index (χ2n) is 7.50. The van der Waals surface area contributed by atoms with E-state index in [9.17, 15) is 9.59 Å². The average Bonchev–Trinajstić information content (AvgIpc) is 3.49. The van der Waals surface area contributed by atoms with Gasteiger partial charge < -0.3 is 19.2 Å². The number of H-pyrrole nitrogens is 1. The lowest BCUT2D eigenvalue weighted by atomic mass is 9.98. The maximum absolute atomic E-state index is 13.4. The number of aromatic amines is 1. The first-order valence-electron chi connectivity index (χ1n) is 10.1. The van der Waals surface area contributed by atoms with Gasteiger partial charge in [0, 0.05) is 71.1 Å². The molecule has 2 aromatic carbocycles. The Morgan fingerprint density at radius 1 is 0.903 bits per heavy atom. The number of rotatable bonds is 4. The molecular weight excluding hydrogens is 414 g/mol. The van der Waals surface area contributed by atoms with Crippen molar-refractivity contribution in [3.63, 3.8) is 0 Å². The van der Waals surface area contributed by atoms with Crippen LogP contribution in [0.2, 0.25) is 5.02 Å². The van der Waals surface area contributed by atoms with E-state index in [4.69, 9.17) is 16.0 Å². The van der Waals surface area contributed by atoms with E-state index in [0.29, 0.717) is 53.3 Å². The molecule has 1 saturated heterocycles. The topological polar surface area (TPSA) is 69.6 Å². The molecule has 1 amide bonds. The Balaban J connectivity index is 1.44. The number of anilines is 1. The van der Waals surface area contributed by atoms with Crippen LogP contribution in [-0.4, -0.2) is 47.8 Å². The fourth-order valence-corrected chi connectivity index (χ4v) is 4.18. The zero-order valence-electron chi connectivity index (χ0n) is 16.7. The van der Waals surface area contributed by atoms with Crippen LogP contribution in [0.4, 0.5) is 5.88 Å². The van der Waals surface area contributed by atoms with E-state index in [1.165, 1.54) is 0 Å². The van der Waals surface area contributed by atoms with E-state index in [2.05, 4.69) is 9.88 Å². The number of fused-ring (bicyclic) bond motifs is 1. The fourth-order valence-electron chi connectivity index (χ4n) is 4.05. The van der Waals surface area contributed by atoms with E-state index in [0.717, 1.165) is 11.4 Å². The molecule has 2 aromatic heterocycles. The number of hydrogen-bond donors (Lipinski definition) is 1. The zero-order chi connectivity index (χ0) is 21.4. The van der Waals surface area contributed by atoms with Gasteiger partial charge in [-0.25, -0.2) is 0 Å². The van der Waals surface area contributed by atoms with Gasteiger partial charge in [0.15, 0.2) is 11.7 Å². The summed E-state index contributed by atoms with van der Waals surface area (Å²) in [7, 11) is 0. The summed E-state index contributed by atoms with van der Waals surface area (Å²) in [4.78, 5) is 33.6. The molecular formula is C24H20ClN3O3. The Labute approximate surface area is 184 Å². The van der Waals surface area contributed by atoms with Gasteiger partial charge in [-0.05, 0) is 42.5 Å². The molecule has 0 bridgehead atoms. The van der Waals surface area contributed by atoms with Gasteiger partial charge in [-0.3, -0.25) is 9.59 Å². The third kappa shape index (κ3) is 3.59. The smallest absolute Gasteiger partial charge is 0.254 e. The molecule has 31 heavy (non-hydrogen) atoms. The number of aromatic nitrogens is 1. The SMILES string of the molecule is O=C(c1ccc(Cl)cc1)c1c[nH]c2cccc(C(=O)N3CCN(c4ccco4)CC3)c12. The number of nitrogens with one attached hydrogen (secondary N) is 1. The van der Waals surface area contributed by atoms with Crippen LogP contribution in [0.1, 0.15) is 26.3 Å². The van der Waals surface area contributed by atoms with Crippen molar-refractivity contribution >= 4 is 40.1 Å². The normalized spacial score (nSPS) is 14.2. The average molecular weight is 434 g/mol. The number of piperazine rings is 1. The molecule has 7 heteroatoms. The number of carbonyl (C=O) groups excluding carboxylic acids is 2. The van der Waals surface area contributed by atoms with Crippen molar-refractivity contribution in [2.75, 3.05) is 31.1 Å². The monoisotopic (exact) mass is 433 g/mol. The minimum absolute atomic E-state index is 0.0746. The molecule has 5 rings (SSSR count). The summed E-state index contributed by atoms with van der Waals surface area (Å²) in [5, 5.41) is 1.22. The van der Waals surface area contributed by atoms with E-state index in [-0.39, 0.29) is 11.7 Å². The number of nitrogens with zero attached hydrogens (tertiary/aromatic N) is 2. The van der Waals surface area contributed by atoms with Crippen LogP contribution >= 0.6 is 11.6 Å². The summed E-state index contributed by atoms with van der Waals surface area (Å²) in [6.07, 6.45) is 3.33. The molecule has 1 aliphatic heterocycles. The summed E-state index contributed by atoms with van der Waals surface area (Å²) >= 11 is 5.96. The number of benzene rings is 2. The van der Waals surface area contributed by atoms with Crippen molar-refractivity contribution in [2.24, 2.45) is 0 Å². The minimum Gasteiger partial charge on any atom is -0.449 e. The molecule has 1 aliphatic rings. The van der Waals surface area contributed by atoms with Crippen molar-refractivity contribution in [3.05, 3.63) is 88.8 Å². The zero-order valence-corrected chi connectivity index (χ0v) is 17.4. The highest BCUT2D eigenvalue weighted by Gasteiger charge is 2.26. The highest BCUT2D eigenvalue weighted by atomic mass is 35.5. The van der Waals surface area contributed by atoms with E-state index < -0.39 is 0 Å². The third-order valence-corrected chi connectivity index (χ3v) is 5.92. The van der Waals surface area contributed by atoms with Crippen LogP contribution in [0, 0.1) is 0 Å². The molecule has 1 N–H and O–H groups in total. The minimum atomic E-state index is -0.147. The quantitative estimate of drug-likeness (QED) is 0.477. The molecule has 0 saturated carbocycles. The van der Waals surface area contributed by atoms with Gasteiger partial charge in [-0.15, -0.1) is 0 Å². The molecule has 4 aromatic rings. The molecule has 0 radical (unpaired) electrons. The number of ketones is 1. The summed E-state index contributed by atoms with van der Waals surface area (Å²) < 4.78 is 5.46. The Morgan fingerprint density at radius 2 is 1.68 bits per heavy atom. The van der Waals surface area contributed by atoms with Crippen molar-refractivity contribution in [2.45, 2.75) is 0 Å². The van der Waals surface area contributed by atoms with Gasteiger partial charge in [-0.2, -0.15) is 0 Å². The van der Waals surface area contributed by atoms with E-state index >= 15 is 0 Å². The van der Waals surface area contributed by atoms with Crippen LogP contribution < -0.4 is 4.90 Å². The maximum Gasteiger partial charge on any atom is 0.254 e. The van der Waals surface area contributed by atoms with Gasteiger partial charge in [0.1, 0.15) is 0 Å². The van der Waals surface area contributed by atoms with E-state index in [1.807, 2.05) is 29.2 Å². The Hall–Kier alpha value is -3.51. The van der Waals surface area contributed by atoms with Crippen molar-refractivity contribution in [1.82, 2.24) is 9.88 Å². The molecule has 1 fully saturated rings. The Bertz CT molecular complexity index is 1240. The van der Waals surface area contributed by atoms with Gasteiger partial charge in [0.05, 0.1) is 6.26 Å². The van der Waals surface area contributed by atoms with Crippen molar-refractivity contribution in [3.8, 4) is 0 Å². The van der Waals surface area contributed by atoms with Crippen LogP contribution in [0.15, 0.2) is 71.5 Å². The number of furan rings is 1. The molecule has 0 aliphatic carbocycles. The van der Waals surface area contributed by atoms with Crippen molar-refractivity contribution in [1.29, 1.82) is 0 Å². The number of halogens is 1. The molecule has 3 heterocycles. The lowest BCUT2D eigenvalue weighted by Gasteiger charge is -2.34.